The maximum atomic E-state index is 14.0. The number of halogens is 2. The minimum Gasteiger partial charge on any atom is -0.503 e. The Morgan fingerprint density at radius 2 is 1.20 bits per heavy atom. The zero-order valence-corrected chi connectivity index (χ0v) is 64.5. The predicted octanol–water partition coefficient (Wildman–Crippen LogP) is 14.4. The molecule has 1 aromatic carbocycles. The van der Waals surface area contributed by atoms with Crippen LogP contribution in [0.5, 0.6) is 5.75 Å². The molecule has 6 atom stereocenters. The fourth-order valence-electron chi connectivity index (χ4n) is 9.98. The average molecular weight is 1380 g/mol. The highest BCUT2D eigenvalue weighted by atomic mass is 19.1. The van der Waals surface area contributed by atoms with Gasteiger partial charge in [0.25, 0.3) is 5.91 Å². The van der Waals surface area contributed by atoms with Gasteiger partial charge in [0.1, 0.15) is 35.3 Å². The number of ether oxygens (including phenoxy) is 3. The average Bonchev–Trinajstić information content (AvgIpc) is 1.63. The number of amides is 1. The highest BCUT2D eigenvalue weighted by Gasteiger charge is 2.41. The zero-order chi connectivity index (χ0) is 74.1. The number of Topliss-reactive ketones (excluding diaryl/α,β-unsaturated/α-hetero) is 1. The maximum Gasteiger partial charge on any atom is 0.306 e. The number of hydrogen-bond donors (Lipinski definition) is 6. The Kier molecular flexibility index (Phi) is 58.0. The summed E-state index contributed by atoms with van der Waals surface area (Å²) in [6.45, 7) is 48.0. The fraction of sp³-hybridized carbons (Fsp3) is 0.792. The van der Waals surface area contributed by atoms with Gasteiger partial charge in [0, 0.05) is 70.3 Å². The van der Waals surface area contributed by atoms with Gasteiger partial charge in [-0.2, -0.15) is 0 Å². The number of rotatable bonds is 29. The fourth-order valence-corrected chi connectivity index (χ4v) is 9.98. The van der Waals surface area contributed by atoms with Crippen molar-refractivity contribution in [3.05, 3.63) is 63.1 Å². The molecule has 0 spiro atoms. The standard InChI is InChI=1S/C26H31F2N3O4.C12H25NO2.C11H23NO2.C11H25N.C6H16N2.2C4H8O.C2H6.CH4/c1-15(2)11-29-12-16(3)8-9-31-22(29)14-30-13-19(24(33)25(34)23(30)26(31)35)21(32)7-5-17-4-6-18(27)10-20(17)28;1-10(8-9-13-5)6-7-11(14)15-12(2,3)4;1-9(7-8-12)5-6-10(13)14-11(2,3)4;1-10(2)6-5-7-11(3)8-9-12-4;1-6(5-7)3-4-8-2;1-2-4-5-3-1;1-4(2)3-5;1-2;/h4,6,10,13,15-16,22,34H,5,7-9,11-12,14H2,1-3H3;10,13H,6-9H2,1-5H3;9H,5-8,12H2,1-4H3;10-12H,5-9H2,1-4H3;6,8H,3-5,7H2,1-2H3;1-4H2;3-4H,1-2H3;1-2H3;1H4/t16-,22?;10-;9-;11-;6-;;;;/m10001..../s1. The van der Waals surface area contributed by atoms with Crippen molar-refractivity contribution in [2.24, 2.45) is 58.8 Å². The molecule has 5 rings (SSSR count). The molecule has 97 heavy (non-hydrogen) atoms. The molecule has 4 heterocycles. The number of esters is 2. The molecule has 1 amide bonds. The van der Waals surface area contributed by atoms with Gasteiger partial charge < -0.3 is 61.0 Å². The number of ketones is 1. The summed E-state index contributed by atoms with van der Waals surface area (Å²) in [5.74, 6) is 1.08. The molecule has 1 aromatic heterocycles. The van der Waals surface area contributed by atoms with Crippen molar-refractivity contribution in [2.45, 2.75) is 266 Å². The Balaban J connectivity index is -0.000000584. The van der Waals surface area contributed by atoms with Crippen LogP contribution in [-0.4, -0.2) is 153 Å². The second-order valence-electron chi connectivity index (χ2n) is 29.3. The van der Waals surface area contributed by atoms with E-state index in [-0.39, 0.29) is 72.3 Å². The van der Waals surface area contributed by atoms with Crippen molar-refractivity contribution in [1.29, 1.82) is 0 Å². The van der Waals surface area contributed by atoms with E-state index in [4.69, 9.17) is 25.7 Å². The Hall–Kier alpha value is -4.70. The molecule has 1 unspecified atom stereocenters. The number of aryl methyl sites for hydroxylation is 1. The van der Waals surface area contributed by atoms with E-state index >= 15 is 0 Å². The second-order valence-corrected chi connectivity index (χ2v) is 29.3. The highest BCUT2D eigenvalue weighted by molar-refractivity contribution is 6.00. The first-order valence-corrected chi connectivity index (χ1v) is 36.3. The van der Waals surface area contributed by atoms with Crippen LogP contribution in [0.15, 0.2) is 29.2 Å². The second kappa shape index (κ2) is 57.0. The van der Waals surface area contributed by atoms with E-state index in [0.717, 1.165) is 108 Å². The maximum absolute atomic E-state index is 14.0. The molecule has 0 radical (unpaired) electrons. The molecule has 0 saturated carbocycles. The minimum absolute atomic E-state index is 0. The van der Waals surface area contributed by atoms with E-state index in [0.29, 0.717) is 62.1 Å². The molecule has 2 aromatic rings. The molecule has 2 saturated heterocycles. The number of hydrogen-bond acceptors (Lipinski definition) is 16. The van der Waals surface area contributed by atoms with E-state index in [9.17, 15) is 42.7 Å². The van der Waals surface area contributed by atoms with Crippen LogP contribution < -0.4 is 32.8 Å². The largest absolute Gasteiger partial charge is 0.503 e. The third-order valence-electron chi connectivity index (χ3n) is 15.6. The summed E-state index contributed by atoms with van der Waals surface area (Å²) >= 11 is 0. The number of aromatic hydroxyl groups is 1. The number of nitrogens with one attached hydrogen (secondary N) is 3. The van der Waals surface area contributed by atoms with Gasteiger partial charge in [-0.25, -0.2) is 8.78 Å². The number of fused-ring (bicyclic) bond motifs is 2. The van der Waals surface area contributed by atoms with E-state index < -0.39 is 34.5 Å². The summed E-state index contributed by atoms with van der Waals surface area (Å²) in [7, 11) is 5.94. The number of benzene rings is 1. The van der Waals surface area contributed by atoms with E-state index in [1.54, 1.807) is 4.90 Å². The highest BCUT2D eigenvalue weighted by Crippen LogP contribution is 2.30. The number of carbonyl (C=O) groups excluding carboxylic acids is 5. The van der Waals surface area contributed by atoms with Crippen molar-refractivity contribution in [1.82, 2.24) is 30.3 Å². The van der Waals surface area contributed by atoms with E-state index in [1.165, 1.54) is 68.3 Å². The quantitative estimate of drug-likeness (QED) is 0.0252. The lowest BCUT2D eigenvalue weighted by Crippen LogP contribution is -2.57. The van der Waals surface area contributed by atoms with Crippen LogP contribution in [0.2, 0.25) is 0 Å². The Morgan fingerprint density at radius 3 is 1.61 bits per heavy atom. The lowest BCUT2D eigenvalue weighted by Gasteiger charge is -2.42. The number of carbonyl (C=O) groups is 5. The van der Waals surface area contributed by atoms with Crippen LogP contribution in [0, 0.1) is 59.0 Å². The lowest BCUT2D eigenvalue weighted by atomic mass is 9.97. The summed E-state index contributed by atoms with van der Waals surface area (Å²) < 4.78 is 44.0. The SMILES string of the molecule is C.C1CCOC1.CC.CC(C)C=O.CC(C)CN1C[C@H](C)CCN2C(=O)c3c(O)c(=O)c(C(=O)CCc4ccc(F)cc4F)cn3CC12.CNCC[C@@H](C)CCC(=O)OC(C)(C)C.CNCC[C@@H](C)CCCC(C)C.CNCC[C@@H](C)CN.C[C@H](CCN)CCC(=O)OC(C)(C)C. The number of nitrogens with zero attached hydrogens (tertiary/aromatic N) is 3. The molecule has 20 heteroatoms. The smallest absolute Gasteiger partial charge is 0.306 e. The van der Waals surface area contributed by atoms with Crippen LogP contribution in [0.25, 0.3) is 0 Å². The topological polar surface area (TPSA) is 250 Å². The molecule has 8 N–H and O–H groups in total. The first-order chi connectivity index (χ1) is 45.0. The molecule has 18 nitrogen and oxygen atoms in total. The van der Waals surface area contributed by atoms with Gasteiger partial charge in [-0.1, -0.05) is 123 Å². The van der Waals surface area contributed by atoms with E-state index in [1.807, 2.05) is 90.4 Å². The van der Waals surface area contributed by atoms with Crippen LogP contribution >= 0.6 is 0 Å². The van der Waals surface area contributed by atoms with Crippen LogP contribution in [0.3, 0.4) is 0 Å². The summed E-state index contributed by atoms with van der Waals surface area (Å²) in [5, 5.41) is 20.1. The molecule has 0 bridgehead atoms. The van der Waals surface area contributed by atoms with Gasteiger partial charge in [0.05, 0.1) is 12.1 Å². The summed E-state index contributed by atoms with van der Waals surface area (Å²) in [6, 6.07) is 3.11. The first kappa shape index (κ1) is 98.7. The molecule has 0 aliphatic carbocycles. The Morgan fingerprint density at radius 1 is 0.711 bits per heavy atom. The third-order valence-corrected chi connectivity index (χ3v) is 15.6. The molecule has 3 aliphatic heterocycles. The number of aromatic nitrogens is 1. The van der Waals surface area contributed by atoms with Gasteiger partial charge in [0.2, 0.25) is 5.43 Å². The summed E-state index contributed by atoms with van der Waals surface area (Å²) in [4.78, 5) is 75.3. The molecule has 568 valence electrons. The molecular formula is C77H146F2N8O10. The van der Waals surface area contributed by atoms with Crippen molar-refractivity contribution < 1.29 is 52.1 Å². The minimum atomic E-state index is -0.908. The van der Waals surface area contributed by atoms with Gasteiger partial charge in [-0.05, 0) is 213 Å². The van der Waals surface area contributed by atoms with Gasteiger partial charge in [-0.15, -0.1) is 0 Å². The first-order valence-electron chi connectivity index (χ1n) is 36.3. The summed E-state index contributed by atoms with van der Waals surface area (Å²) in [6.07, 6.45) is 16.8. The van der Waals surface area contributed by atoms with Crippen molar-refractivity contribution >= 4 is 29.9 Å². The normalized spacial score (nSPS) is 16.1. The van der Waals surface area contributed by atoms with Gasteiger partial charge >= 0.3 is 11.9 Å². The number of aldehydes is 1. The Bertz CT molecular complexity index is 2420. The lowest BCUT2D eigenvalue weighted by molar-refractivity contribution is -0.156. The van der Waals surface area contributed by atoms with Gasteiger partial charge in [0.15, 0.2) is 17.2 Å². The van der Waals surface area contributed by atoms with Crippen molar-refractivity contribution in [3.63, 3.8) is 0 Å². The Labute approximate surface area is 589 Å². The predicted molar refractivity (Wildman–Crippen MR) is 399 cm³/mol. The zero-order valence-electron chi connectivity index (χ0n) is 64.5. The van der Waals surface area contributed by atoms with Crippen molar-refractivity contribution in [2.75, 3.05) is 86.7 Å². The van der Waals surface area contributed by atoms with Crippen LogP contribution in [0.1, 0.15) is 262 Å². The molecular weight excluding hydrogens is 1230 g/mol. The molecule has 2 fully saturated rings. The summed E-state index contributed by atoms with van der Waals surface area (Å²) in [5.41, 5.74) is 8.99. The number of pyridine rings is 1. The van der Waals surface area contributed by atoms with Crippen LogP contribution in [-0.2, 0) is 41.6 Å². The molecule has 3 aliphatic rings. The van der Waals surface area contributed by atoms with Crippen molar-refractivity contribution in [3.8, 4) is 5.75 Å². The van der Waals surface area contributed by atoms with E-state index in [2.05, 4.69) is 83.2 Å². The van der Waals surface area contributed by atoms with Crippen LogP contribution in [0.4, 0.5) is 8.78 Å². The van der Waals surface area contributed by atoms with Gasteiger partial charge in [-0.3, -0.25) is 28.9 Å². The third kappa shape index (κ3) is 50.3. The monoisotopic (exact) mass is 1380 g/mol. The number of nitrogens with two attached hydrogens (primary N) is 2.